The second-order valence-corrected chi connectivity index (χ2v) is 9.58. The maximum atomic E-state index is 13.5. The van der Waals surface area contributed by atoms with Crippen LogP contribution in [-0.2, 0) is 34.7 Å². The summed E-state index contributed by atoms with van der Waals surface area (Å²) in [6.07, 6.45) is 0.862. The molecule has 35 heavy (non-hydrogen) atoms. The molecule has 0 saturated heterocycles. The lowest BCUT2D eigenvalue weighted by molar-refractivity contribution is -0.172. The lowest BCUT2D eigenvalue weighted by atomic mass is 9.86. The molecule has 0 aliphatic carbocycles. The average molecular weight is 478 g/mol. The van der Waals surface area contributed by atoms with E-state index in [-0.39, 0.29) is 31.9 Å². The summed E-state index contributed by atoms with van der Waals surface area (Å²) in [7, 11) is 0. The van der Waals surface area contributed by atoms with Gasteiger partial charge in [-0.1, -0.05) is 26.8 Å². The summed E-state index contributed by atoms with van der Waals surface area (Å²) < 4.78 is 18.5. The van der Waals surface area contributed by atoms with E-state index in [4.69, 9.17) is 19.2 Å². The van der Waals surface area contributed by atoms with Crippen LogP contribution in [0.1, 0.15) is 49.4 Å². The molecule has 2 N–H and O–H groups in total. The highest BCUT2D eigenvalue weighted by Crippen LogP contribution is 2.47. The highest BCUT2D eigenvalue weighted by Gasteiger charge is 2.45. The lowest BCUT2D eigenvalue weighted by Crippen LogP contribution is -2.44. The monoisotopic (exact) mass is 477 g/mol. The van der Waals surface area contributed by atoms with E-state index in [0.717, 1.165) is 35.0 Å². The molecular formula is C26H27N3O6. The number of nitrogens with zero attached hydrogens (tertiary/aromatic N) is 2. The summed E-state index contributed by atoms with van der Waals surface area (Å²) in [5.41, 5.74) is 2.25. The van der Waals surface area contributed by atoms with Gasteiger partial charge >= 0.3 is 5.97 Å². The Kier molecular flexibility index (Phi) is 4.91. The number of benzene rings is 1. The number of ether oxygens (including phenoxy) is 3. The van der Waals surface area contributed by atoms with E-state index >= 15 is 0 Å². The molecule has 0 amide bonds. The van der Waals surface area contributed by atoms with Gasteiger partial charge in [0.1, 0.15) is 18.1 Å². The lowest BCUT2D eigenvalue weighted by Gasteiger charge is -2.31. The molecule has 0 radical (unpaired) electrons. The van der Waals surface area contributed by atoms with Crippen molar-refractivity contribution in [2.75, 3.05) is 13.3 Å². The van der Waals surface area contributed by atoms with E-state index in [9.17, 15) is 14.7 Å². The number of rotatable bonds is 5. The maximum Gasteiger partial charge on any atom is 0.343 e. The largest absolute Gasteiger partial charge is 0.458 e. The summed E-state index contributed by atoms with van der Waals surface area (Å²) in [6.45, 7) is 6.89. The van der Waals surface area contributed by atoms with E-state index in [0.29, 0.717) is 40.1 Å². The molecule has 182 valence electrons. The van der Waals surface area contributed by atoms with Gasteiger partial charge in [-0.3, -0.25) is 4.79 Å². The molecule has 0 unspecified atom stereocenters. The number of fused-ring (bicyclic) bond motifs is 5. The number of pyridine rings is 2. The predicted molar refractivity (Wildman–Crippen MR) is 127 cm³/mol. The van der Waals surface area contributed by atoms with Gasteiger partial charge in [-0.05, 0) is 37.1 Å². The Morgan fingerprint density at radius 2 is 2.03 bits per heavy atom. The number of nitrogens with one attached hydrogen (secondary N) is 1. The highest BCUT2D eigenvalue weighted by molar-refractivity contribution is 5.98. The van der Waals surface area contributed by atoms with E-state index in [1.165, 1.54) is 0 Å². The molecule has 3 aliphatic rings. The smallest absolute Gasteiger partial charge is 0.343 e. The second kappa shape index (κ2) is 7.79. The third-order valence-corrected chi connectivity index (χ3v) is 7.20. The van der Waals surface area contributed by atoms with Crippen molar-refractivity contribution in [3.8, 4) is 22.9 Å². The van der Waals surface area contributed by atoms with Gasteiger partial charge in [-0.15, -0.1) is 0 Å². The summed E-state index contributed by atoms with van der Waals surface area (Å²) in [5.74, 6) is 0.643. The number of aliphatic hydroxyl groups is 1. The minimum absolute atomic E-state index is 0.0759. The van der Waals surface area contributed by atoms with Crippen LogP contribution in [-0.4, -0.2) is 40.0 Å². The number of hydrogen-bond donors (Lipinski definition) is 2. The fourth-order valence-electron chi connectivity index (χ4n) is 5.30. The number of carbonyl (C=O) groups is 1. The van der Waals surface area contributed by atoms with Crippen LogP contribution in [0, 0.1) is 0 Å². The van der Waals surface area contributed by atoms with Crippen LogP contribution >= 0.6 is 0 Å². The molecule has 0 spiro atoms. The van der Waals surface area contributed by atoms with Crippen molar-refractivity contribution in [1.29, 1.82) is 0 Å². The van der Waals surface area contributed by atoms with Crippen molar-refractivity contribution in [3.63, 3.8) is 0 Å². The van der Waals surface area contributed by atoms with Gasteiger partial charge in [-0.2, -0.15) is 0 Å². The first-order chi connectivity index (χ1) is 16.8. The molecular weight excluding hydrogens is 450 g/mol. The van der Waals surface area contributed by atoms with Crippen LogP contribution in [0.15, 0.2) is 23.0 Å². The van der Waals surface area contributed by atoms with Gasteiger partial charge < -0.3 is 29.2 Å². The number of carbonyl (C=O) groups excluding carboxylic acids is 1. The molecule has 9 heteroatoms. The molecule has 1 aromatic carbocycles. The first kappa shape index (κ1) is 22.1. The second-order valence-electron chi connectivity index (χ2n) is 9.58. The zero-order valence-corrected chi connectivity index (χ0v) is 19.9. The van der Waals surface area contributed by atoms with Crippen LogP contribution in [0.4, 0.5) is 0 Å². The van der Waals surface area contributed by atoms with Crippen molar-refractivity contribution in [2.45, 2.75) is 58.4 Å². The first-order valence-electron chi connectivity index (χ1n) is 12.0. The van der Waals surface area contributed by atoms with Gasteiger partial charge in [0.15, 0.2) is 5.60 Å². The number of hydrogen-bond acceptors (Lipinski definition) is 8. The third-order valence-electron chi connectivity index (χ3n) is 7.20. The molecule has 2 aromatic heterocycles. The van der Waals surface area contributed by atoms with Gasteiger partial charge in [0, 0.05) is 17.2 Å². The Bertz CT molecular complexity index is 1460. The molecule has 6 rings (SSSR count). The van der Waals surface area contributed by atoms with E-state index < -0.39 is 11.6 Å². The van der Waals surface area contributed by atoms with Crippen LogP contribution in [0.5, 0.6) is 11.5 Å². The van der Waals surface area contributed by atoms with Crippen LogP contribution in [0.3, 0.4) is 0 Å². The van der Waals surface area contributed by atoms with Crippen molar-refractivity contribution in [1.82, 2.24) is 14.9 Å². The zero-order chi connectivity index (χ0) is 24.5. The molecule has 0 saturated carbocycles. The number of esters is 1. The van der Waals surface area contributed by atoms with E-state index in [2.05, 4.69) is 19.2 Å². The number of cyclic esters (lactones) is 1. The van der Waals surface area contributed by atoms with Crippen LogP contribution < -0.4 is 20.3 Å². The minimum atomic E-state index is -1.86. The topological polar surface area (TPSA) is 112 Å². The van der Waals surface area contributed by atoms with Crippen molar-refractivity contribution >= 4 is 16.9 Å². The van der Waals surface area contributed by atoms with Crippen LogP contribution in [0.25, 0.3) is 22.3 Å². The molecule has 0 bridgehead atoms. The normalized spacial score (nSPS) is 19.6. The summed E-state index contributed by atoms with van der Waals surface area (Å²) in [4.78, 5) is 31.0. The third kappa shape index (κ3) is 3.11. The minimum Gasteiger partial charge on any atom is -0.458 e. The van der Waals surface area contributed by atoms with Gasteiger partial charge in [0.2, 0.25) is 6.79 Å². The van der Waals surface area contributed by atoms with Crippen molar-refractivity contribution < 1.29 is 24.1 Å². The summed E-state index contributed by atoms with van der Waals surface area (Å²) in [6, 6.07) is 6.06. The van der Waals surface area contributed by atoms with Crippen LogP contribution in [0.2, 0.25) is 0 Å². The average Bonchev–Trinajstić information content (AvgIpc) is 3.22. The SMILES string of the molecule is CC[C@@]1(O)C(=O)OCc2c1cc1n(c2=O)Cc2c-1nc1c(CCNC(C)C)ccc3c1c2OCO3. The van der Waals surface area contributed by atoms with Crippen molar-refractivity contribution in [2.24, 2.45) is 0 Å². The Labute approximate surface area is 201 Å². The maximum absolute atomic E-state index is 13.5. The first-order valence-corrected chi connectivity index (χ1v) is 12.0. The highest BCUT2D eigenvalue weighted by atomic mass is 16.7. The quantitative estimate of drug-likeness (QED) is 0.422. The Hall–Kier alpha value is -3.43. The molecule has 9 nitrogen and oxygen atoms in total. The fourth-order valence-corrected chi connectivity index (χ4v) is 5.30. The fraction of sp³-hybridized carbons (Fsp3) is 0.423. The Morgan fingerprint density at radius 1 is 1.20 bits per heavy atom. The molecule has 5 heterocycles. The number of aromatic nitrogens is 2. The van der Waals surface area contributed by atoms with E-state index in [1.807, 2.05) is 12.1 Å². The van der Waals surface area contributed by atoms with Gasteiger partial charge in [0.05, 0.1) is 34.4 Å². The summed E-state index contributed by atoms with van der Waals surface area (Å²) >= 11 is 0. The zero-order valence-electron chi connectivity index (χ0n) is 19.9. The summed E-state index contributed by atoms with van der Waals surface area (Å²) in [5, 5.41) is 15.4. The molecule has 3 aliphatic heterocycles. The molecule has 1 atom stereocenters. The van der Waals surface area contributed by atoms with Gasteiger partial charge in [-0.25, -0.2) is 9.78 Å². The predicted octanol–water partition coefficient (Wildman–Crippen LogP) is 2.35. The standard InChI is InChI=1S/C26H27N3O6/c1-4-26(32)17-9-18-22-15(10-29(18)24(30)16(17)11-33-25(26)31)23-20-19(34-12-35-23)6-5-14(21(20)28-22)7-8-27-13(2)3/h5-6,9,13,27,32H,4,7-8,10-12H2,1-3H3/t26-/m0/s1. The van der Waals surface area contributed by atoms with Crippen molar-refractivity contribution in [3.05, 3.63) is 50.8 Å². The van der Waals surface area contributed by atoms with Gasteiger partial charge in [0.25, 0.3) is 5.56 Å². The molecule has 0 fully saturated rings. The van der Waals surface area contributed by atoms with E-state index in [1.54, 1.807) is 17.6 Å². The molecule has 3 aromatic rings. The Morgan fingerprint density at radius 3 is 2.80 bits per heavy atom. The Balaban J connectivity index is 1.58.